The van der Waals surface area contributed by atoms with Crippen LogP contribution in [0.25, 0.3) is 0 Å². The number of hydrogen-bond donors (Lipinski definition) is 2. The molecule has 1 aromatic heterocycles. The fourth-order valence-electron chi connectivity index (χ4n) is 3.29. The molecular weight excluding hydrogens is 332 g/mol. The van der Waals surface area contributed by atoms with Crippen LogP contribution >= 0.6 is 0 Å². The van der Waals surface area contributed by atoms with Crippen molar-refractivity contribution in [3.8, 4) is 6.07 Å². The maximum atomic E-state index is 12.8. The zero-order chi connectivity index (χ0) is 18.1. The van der Waals surface area contributed by atoms with E-state index < -0.39 is 0 Å². The molecule has 0 spiro atoms. The summed E-state index contributed by atoms with van der Waals surface area (Å²) in [4.78, 5) is 25.9. The van der Waals surface area contributed by atoms with Gasteiger partial charge in [-0.1, -0.05) is 6.07 Å². The number of aromatic nitrogens is 2. The quantitative estimate of drug-likeness (QED) is 0.865. The summed E-state index contributed by atoms with van der Waals surface area (Å²) in [7, 11) is 0. The molecule has 8 heteroatoms. The Bertz CT molecular complexity index is 908. The molecule has 2 N–H and O–H groups in total. The Kier molecular flexibility index (Phi) is 3.97. The third-order valence-electron chi connectivity index (χ3n) is 4.67. The van der Waals surface area contributed by atoms with Crippen LogP contribution in [0.15, 0.2) is 30.3 Å². The van der Waals surface area contributed by atoms with E-state index in [2.05, 4.69) is 20.8 Å². The number of benzene rings is 1. The summed E-state index contributed by atoms with van der Waals surface area (Å²) in [6, 6.07) is 10.8. The number of piperidine rings is 1. The van der Waals surface area contributed by atoms with Crippen molar-refractivity contribution in [3.63, 3.8) is 0 Å². The van der Waals surface area contributed by atoms with Crippen LogP contribution in [-0.2, 0) is 11.3 Å². The highest BCUT2D eigenvalue weighted by atomic mass is 16.2. The van der Waals surface area contributed by atoms with Crippen LogP contribution in [0, 0.1) is 11.3 Å². The molecule has 2 amide bonds. The molecule has 1 atom stereocenters. The number of fused-ring (bicyclic) bond motifs is 1. The normalized spacial score (nSPS) is 18.9. The third kappa shape index (κ3) is 2.95. The number of amides is 2. The number of nitriles is 1. The number of carbonyl (C=O) groups is 2. The second-order valence-electron chi connectivity index (χ2n) is 6.34. The van der Waals surface area contributed by atoms with E-state index in [4.69, 9.17) is 5.26 Å². The van der Waals surface area contributed by atoms with Crippen LogP contribution in [0.4, 0.5) is 11.5 Å². The first-order chi connectivity index (χ1) is 12.6. The van der Waals surface area contributed by atoms with Gasteiger partial charge in [-0.25, -0.2) is 0 Å². The van der Waals surface area contributed by atoms with Crippen molar-refractivity contribution in [3.05, 3.63) is 47.2 Å². The average molecular weight is 348 g/mol. The van der Waals surface area contributed by atoms with E-state index in [9.17, 15) is 9.59 Å². The minimum Gasteiger partial charge on any atom is -0.354 e. The number of hydrogen-bond acceptors (Lipinski definition) is 6. The second kappa shape index (κ2) is 6.44. The van der Waals surface area contributed by atoms with Crippen molar-refractivity contribution in [2.24, 2.45) is 0 Å². The molecule has 1 saturated heterocycles. The Morgan fingerprint density at radius 3 is 2.81 bits per heavy atom. The molecule has 0 radical (unpaired) electrons. The van der Waals surface area contributed by atoms with Gasteiger partial charge < -0.3 is 15.5 Å². The van der Waals surface area contributed by atoms with Gasteiger partial charge in [-0.2, -0.15) is 5.26 Å². The van der Waals surface area contributed by atoms with Gasteiger partial charge in [-0.3, -0.25) is 9.59 Å². The van der Waals surface area contributed by atoms with Gasteiger partial charge in [-0.05, 0) is 36.2 Å². The van der Waals surface area contributed by atoms with Gasteiger partial charge in [0.2, 0.25) is 5.91 Å². The van der Waals surface area contributed by atoms with Crippen LogP contribution in [-0.4, -0.2) is 39.5 Å². The van der Waals surface area contributed by atoms with Gasteiger partial charge in [-0.15, -0.1) is 10.2 Å². The van der Waals surface area contributed by atoms with Gasteiger partial charge in [0.25, 0.3) is 5.91 Å². The third-order valence-corrected chi connectivity index (χ3v) is 4.67. The van der Waals surface area contributed by atoms with Crippen molar-refractivity contribution in [2.75, 3.05) is 11.9 Å². The van der Waals surface area contributed by atoms with Crippen molar-refractivity contribution in [1.82, 2.24) is 20.4 Å². The lowest BCUT2D eigenvalue weighted by Gasteiger charge is -2.31. The molecule has 3 heterocycles. The summed E-state index contributed by atoms with van der Waals surface area (Å²) in [6.07, 6.45) is 1.15. The van der Waals surface area contributed by atoms with Gasteiger partial charge in [0, 0.05) is 30.8 Å². The average Bonchev–Trinajstić information content (AvgIpc) is 2.99. The first-order valence-electron chi connectivity index (χ1n) is 8.35. The zero-order valence-electron chi connectivity index (χ0n) is 13.9. The molecule has 0 bridgehead atoms. The van der Waals surface area contributed by atoms with E-state index in [0.29, 0.717) is 37.3 Å². The molecular formula is C18H16N6O2. The van der Waals surface area contributed by atoms with Gasteiger partial charge in [0.1, 0.15) is 6.07 Å². The van der Waals surface area contributed by atoms with Crippen LogP contribution in [0.5, 0.6) is 0 Å². The Morgan fingerprint density at radius 2 is 2.12 bits per heavy atom. The molecule has 0 aliphatic carbocycles. The Labute approximate surface area is 149 Å². The highest BCUT2D eigenvalue weighted by Crippen LogP contribution is 2.29. The maximum absolute atomic E-state index is 12.8. The van der Waals surface area contributed by atoms with E-state index in [-0.39, 0.29) is 23.6 Å². The van der Waals surface area contributed by atoms with Gasteiger partial charge in [0.05, 0.1) is 6.04 Å². The number of anilines is 2. The molecule has 2 aliphatic heterocycles. The minimum absolute atomic E-state index is 0.0179. The van der Waals surface area contributed by atoms with Crippen LogP contribution in [0.3, 0.4) is 0 Å². The Morgan fingerprint density at radius 1 is 1.23 bits per heavy atom. The lowest BCUT2D eigenvalue weighted by Crippen LogP contribution is -2.48. The molecule has 4 rings (SSSR count). The van der Waals surface area contributed by atoms with E-state index in [1.165, 1.54) is 0 Å². The fraction of sp³-hybridized carbons (Fsp3) is 0.278. The molecule has 8 nitrogen and oxygen atoms in total. The molecule has 2 aliphatic rings. The lowest BCUT2D eigenvalue weighted by atomic mass is 10.1. The second-order valence-corrected chi connectivity index (χ2v) is 6.34. The first kappa shape index (κ1) is 16.0. The summed E-state index contributed by atoms with van der Waals surface area (Å²) in [5, 5.41) is 22.4. The van der Waals surface area contributed by atoms with E-state index >= 15 is 0 Å². The monoisotopic (exact) mass is 348 g/mol. The molecule has 130 valence electrons. The summed E-state index contributed by atoms with van der Waals surface area (Å²) >= 11 is 0. The summed E-state index contributed by atoms with van der Waals surface area (Å²) in [5.74, 6) is 0.525. The number of nitrogens with one attached hydrogen (secondary N) is 2. The van der Waals surface area contributed by atoms with Crippen molar-refractivity contribution < 1.29 is 9.59 Å². The fourth-order valence-corrected chi connectivity index (χ4v) is 3.29. The van der Waals surface area contributed by atoms with Crippen LogP contribution in [0.1, 0.15) is 34.5 Å². The summed E-state index contributed by atoms with van der Waals surface area (Å²) in [5.41, 5.74) is 2.61. The van der Waals surface area contributed by atoms with E-state index in [1.807, 2.05) is 23.1 Å². The van der Waals surface area contributed by atoms with Crippen LogP contribution in [0.2, 0.25) is 0 Å². The number of rotatable bonds is 3. The minimum atomic E-state index is -0.0179. The van der Waals surface area contributed by atoms with Crippen molar-refractivity contribution >= 4 is 23.3 Å². The highest BCUT2D eigenvalue weighted by molar-refractivity contribution is 5.99. The maximum Gasteiger partial charge on any atom is 0.254 e. The smallest absolute Gasteiger partial charge is 0.254 e. The van der Waals surface area contributed by atoms with E-state index in [0.717, 1.165) is 11.3 Å². The molecule has 1 unspecified atom stereocenters. The summed E-state index contributed by atoms with van der Waals surface area (Å²) in [6.45, 7) is 1.07. The molecule has 1 aromatic carbocycles. The summed E-state index contributed by atoms with van der Waals surface area (Å²) < 4.78 is 0. The first-order valence-corrected chi connectivity index (χ1v) is 8.35. The predicted molar refractivity (Wildman–Crippen MR) is 92.4 cm³/mol. The lowest BCUT2D eigenvalue weighted by molar-refractivity contribution is -0.123. The number of nitrogens with zero attached hydrogens (tertiary/aromatic N) is 4. The topological polar surface area (TPSA) is 111 Å². The van der Waals surface area contributed by atoms with E-state index in [1.54, 1.807) is 18.2 Å². The van der Waals surface area contributed by atoms with Crippen LogP contribution < -0.4 is 10.6 Å². The predicted octanol–water partition coefficient (Wildman–Crippen LogP) is 1.33. The SMILES string of the molecule is N#Cc1ccc(Nc2ccc3c(c2)C(=O)N(C2CCC(=O)NC2)C3)nn1. The molecule has 26 heavy (non-hydrogen) atoms. The zero-order valence-corrected chi connectivity index (χ0v) is 13.9. The van der Waals surface area contributed by atoms with Crippen molar-refractivity contribution in [1.29, 1.82) is 5.26 Å². The highest BCUT2D eigenvalue weighted by Gasteiger charge is 2.34. The molecule has 1 fully saturated rings. The number of carbonyl (C=O) groups excluding carboxylic acids is 2. The Hall–Kier alpha value is -3.47. The standard InChI is InChI=1S/C18H16N6O2/c19-8-13-3-5-16(23-22-13)21-12-2-1-11-10-24(18(26)15(11)7-12)14-4-6-17(25)20-9-14/h1-3,5,7,14H,4,6,9-10H2,(H,20,25)(H,21,23). The molecule has 0 saturated carbocycles. The molecule has 2 aromatic rings. The van der Waals surface area contributed by atoms with Crippen molar-refractivity contribution in [2.45, 2.75) is 25.4 Å². The Balaban J connectivity index is 1.50. The largest absolute Gasteiger partial charge is 0.354 e. The van der Waals surface area contributed by atoms with Gasteiger partial charge in [0.15, 0.2) is 11.5 Å². The van der Waals surface area contributed by atoms with Gasteiger partial charge >= 0.3 is 0 Å².